The normalized spacial score (nSPS) is 13.9. The summed E-state index contributed by atoms with van der Waals surface area (Å²) in [5.41, 5.74) is 1.95. The predicted octanol–water partition coefficient (Wildman–Crippen LogP) is 5.73. The summed E-state index contributed by atoms with van der Waals surface area (Å²) in [4.78, 5) is 25.0. The first-order valence-corrected chi connectivity index (χ1v) is 9.52. The van der Waals surface area contributed by atoms with E-state index < -0.39 is 11.8 Å². The molecule has 4 nitrogen and oxygen atoms in total. The molecule has 29 heavy (non-hydrogen) atoms. The lowest BCUT2D eigenvalue weighted by molar-refractivity contribution is 0.0734. The minimum atomic E-state index is -0.696. The molecule has 1 heterocycles. The van der Waals surface area contributed by atoms with Gasteiger partial charge >= 0.3 is 5.97 Å². The topological polar surface area (TPSA) is 52.6 Å². The van der Waals surface area contributed by atoms with E-state index in [1.807, 2.05) is 24.3 Å². The number of esters is 1. The number of benzene rings is 3. The smallest absolute Gasteiger partial charge is 0.343 e. The molecule has 0 aromatic heterocycles. The molecule has 0 fully saturated rings. The Kier molecular flexibility index (Phi) is 5.03. The van der Waals surface area contributed by atoms with E-state index in [-0.39, 0.29) is 22.9 Å². The maximum atomic E-state index is 13.3. The summed E-state index contributed by atoms with van der Waals surface area (Å²) >= 11 is 3.40. The van der Waals surface area contributed by atoms with Crippen LogP contribution in [0.5, 0.6) is 11.5 Å². The molecule has 0 unspecified atom stereocenters. The molecule has 0 saturated carbocycles. The van der Waals surface area contributed by atoms with Gasteiger partial charge in [-0.1, -0.05) is 34.1 Å². The zero-order valence-electron chi connectivity index (χ0n) is 15.2. The standard InChI is InChI=1S/C23H14BrFO4/c1-13-8-18(28-23(27)15-5-3-7-17(25)11-15)12-19-21(13)22(26)20(29-19)10-14-4-2-6-16(24)9-14/h2-12H,1H3/b20-10-. The van der Waals surface area contributed by atoms with Gasteiger partial charge in [0.25, 0.3) is 0 Å². The van der Waals surface area contributed by atoms with E-state index in [4.69, 9.17) is 9.47 Å². The van der Waals surface area contributed by atoms with Crippen molar-refractivity contribution in [2.75, 3.05) is 0 Å². The number of fused-ring (bicyclic) bond motifs is 1. The van der Waals surface area contributed by atoms with Gasteiger partial charge in [-0.3, -0.25) is 4.79 Å². The molecule has 0 N–H and O–H groups in total. The van der Waals surface area contributed by atoms with Crippen LogP contribution in [0.3, 0.4) is 0 Å². The Hall–Kier alpha value is -3.25. The van der Waals surface area contributed by atoms with Crippen molar-refractivity contribution in [3.05, 3.63) is 99.0 Å². The summed E-state index contributed by atoms with van der Waals surface area (Å²) in [7, 11) is 0. The molecule has 1 aliphatic rings. The molecular weight excluding hydrogens is 439 g/mol. The van der Waals surface area contributed by atoms with Gasteiger partial charge < -0.3 is 9.47 Å². The zero-order valence-corrected chi connectivity index (χ0v) is 16.8. The minimum absolute atomic E-state index is 0.0929. The highest BCUT2D eigenvalue weighted by Gasteiger charge is 2.30. The average Bonchev–Trinajstić information content (AvgIpc) is 2.97. The second-order valence-corrected chi connectivity index (χ2v) is 7.42. The van der Waals surface area contributed by atoms with E-state index in [0.717, 1.165) is 16.1 Å². The molecule has 0 atom stereocenters. The molecule has 6 heteroatoms. The van der Waals surface area contributed by atoms with Crippen LogP contribution in [0.4, 0.5) is 4.39 Å². The molecular formula is C23H14BrFO4. The Morgan fingerprint density at radius 3 is 2.66 bits per heavy atom. The van der Waals surface area contributed by atoms with Crippen molar-refractivity contribution in [1.29, 1.82) is 0 Å². The van der Waals surface area contributed by atoms with Crippen molar-refractivity contribution in [3.63, 3.8) is 0 Å². The number of ketones is 1. The largest absolute Gasteiger partial charge is 0.452 e. The van der Waals surface area contributed by atoms with Crippen LogP contribution in [0.15, 0.2) is 70.9 Å². The first-order chi connectivity index (χ1) is 13.9. The van der Waals surface area contributed by atoms with Crippen molar-refractivity contribution in [2.45, 2.75) is 6.92 Å². The Morgan fingerprint density at radius 1 is 1.10 bits per heavy atom. The maximum Gasteiger partial charge on any atom is 0.343 e. The Bertz CT molecular complexity index is 1180. The maximum absolute atomic E-state index is 13.3. The molecule has 144 valence electrons. The van der Waals surface area contributed by atoms with Gasteiger partial charge in [0.1, 0.15) is 17.3 Å². The van der Waals surface area contributed by atoms with E-state index in [9.17, 15) is 14.0 Å². The summed E-state index contributed by atoms with van der Waals surface area (Å²) in [6.45, 7) is 1.74. The number of ether oxygens (including phenoxy) is 2. The van der Waals surface area contributed by atoms with Crippen LogP contribution in [-0.2, 0) is 0 Å². The van der Waals surface area contributed by atoms with Crippen molar-refractivity contribution in [1.82, 2.24) is 0 Å². The van der Waals surface area contributed by atoms with Crippen molar-refractivity contribution in [3.8, 4) is 11.5 Å². The molecule has 0 saturated heterocycles. The van der Waals surface area contributed by atoms with Crippen molar-refractivity contribution < 1.29 is 23.5 Å². The number of halogens is 2. The molecule has 0 aliphatic carbocycles. The third-order valence-corrected chi connectivity index (χ3v) is 4.85. The summed E-state index contributed by atoms with van der Waals surface area (Å²) in [5.74, 6) is -0.737. The second kappa shape index (κ2) is 7.64. The summed E-state index contributed by atoms with van der Waals surface area (Å²) in [6.07, 6.45) is 1.66. The highest BCUT2D eigenvalue weighted by atomic mass is 79.9. The molecule has 0 bridgehead atoms. The van der Waals surface area contributed by atoms with Crippen LogP contribution >= 0.6 is 15.9 Å². The number of hydrogen-bond acceptors (Lipinski definition) is 4. The fourth-order valence-electron chi connectivity index (χ4n) is 3.07. The van der Waals surface area contributed by atoms with E-state index in [0.29, 0.717) is 16.9 Å². The number of carbonyl (C=O) groups excluding carboxylic acids is 2. The van der Waals surface area contributed by atoms with E-state index in [1.165, 1.54) is 24.3 Å². The summed E-state index contributed by atoms with van der Waals surface area (Å²) in [5, 5.41) is 0. The van der Waals surface area contributed by atoms with Crippen LogP contribution < -0.4 is 9.47 Å². The first kappa shape index (κ1) is 19.1. The highest BCUT2D eigenvalue weighted by molar-refractivity contribution is 9.10. The predicted molar refractivity (Wildman–Crippen MR) is 110 cm³/mol. The van der Waals surface area contributed by atoms with E-state index in [2.05, 4.69) is 15.9 Å². The van der Waals surface area contributed by atoms with E-state index >= 15 is 0 Å². The fourth-order valence-corrected chi connectivity index (χ4v) is 3.48. The van der Waals surface area contributed by atoms with Gasteiger partial charge in [-0.25, -0.2) is 9.18 Å². The number of rotatable bonds is 3. The number of hydrogen-bond donors (Lipinski definition) is 0. The van der Waals surface area contributed by atoms with Crippen molar-refractivity contribution in [2.24, 2.45) is 0 Å². The van der Waals surface area contributed by atoms with Gasteiger partial charge in [-0.2, -0.15) is 0 Å². The van der Waals surface area contributed by atoms with Gasteiger partial charge in [-0.05, 0) is 60.5 Å². The SMILES string of the molecule is Cc1cc(OC(=O)c2cccc(F)c2)cc2c1C(=O)/C(=C/c1cccc(Br)c1)O2. The average molecular weight is 453 g/mol. The van der Waals surface area contributed by atoms with Crippen molar-refractivity contribution >= 4 is 33.8 Å². The number of allylic oxidation sites excluding steroid dienone is 1. The van der Waals surface area contributed by atoms with Gasteiger partial charge in [0.15, 0.2) is 5.76 Å². The Morgan fingerprint density at radius 2 is 1.90 bits per heavy atom. The number of carbonyl (C=O) groups is 2. The summed E-state index contributed by atoms with van der Waals surface area (Å²) < 4.78 is 25.3. The molecule has 0 radical (unpaired) electrons. The Balaban J connectivity index is 1.61. The van der Waals surface area contributed by atoms with Crippen LogP contribution in [0.1, 0.15) is 31.8 Å². The molecule has 4 rings (SSSR count). The lowest BCUT2D eigenvalue weighted by Gasteiger charge is -2.08. The van der Waals surface area contributed by atoms with Gasteiger partial charge in [0.2, 0.25) is 5.78 Å². The molecule has 1 aliphatic heterocycles. The summed E-state index contributed by atoms with van der Waals surface area (Å²) in [6, 6.07) is 15.8. The zero-order chi connectivity index (χ0) is 20.5. The van der Waals surface area contributed by atoms with Crippen LogP contribution in [0, 0.1) is 12.7 Å². The van der Waals surface area contributed by atoms with Crippen LogP contribution in [0.2, 0.25) is 0 Å². The minimum Gasteiger partial charge on any atom is -0.452 e. The first-order valence-electron chi connectivity index (χ1n) is 8.73. The van der Waals surface area contributed by atoms with Crippen LogP contribution in [-0.4, -0.2) is 11.8 Å². The molecule has 3 aromatic rings. The fraction of sp³-hybridized carbons (Fsp3) is 0.0435. The lowest BCUT2D eigenvalue weighted by atomic mass is 10.0. The lowest BCUT2D eigenvalue weighted by Crippen LogP contribution is -2.09. The third-order valence-electron chi connectivity index (χ3n) is 4.36. The number of aryl methyl sites for hydroxylation is 1. The Labute approximate surface area is 174 Å². The highest BCUT2D eigenvalue weighted by Crippen LogP contribution is 2.37. The van der Waals surface area contributed by atoms with Gasteiger partial charge in [-0.15, -0.1) is 0 Å². The monoisotopic (exact) mass is 452 g/mol. The molecule has 0 spiro atoms. The molecule has 3 aromatic carbocycles. The third kappa shape index (κ3) is 3.98. The van der Waals surface area contributed by atoms with Gasteiger partial charge in [0, 0.05) is 10.5 Å². The van der Waals surface area contributed by atoms with Crippen LogP contribution in [0.25, 0.3) is 6.08 Å². The van der Waals surface area contributed by atoms with Gasteiger partial charge in [0.05, 0.1) is 11.1 Å². The second-order valence-electron chi connectivity index (χ2n) is 6.51. The number of Topliss-reactive ketones (excluding diaryl/α,β-unsaturated/α-hetero) is 1. The van der Waals surface area contributed by atoms with E-state index in [1.54, 1.807) is 19.1 Å². The quantitative estimate of drug-likeness (QED) is 0.289. The molecule has 0 amide bonds.